The fourth-order valence-corrected chi connectivity index (χ4v) is 4.27. The number of amides is 3. The molecular weight excluding hydrogens is 490 g/mol. The zero-order chi connectivity index (χ0) is 27.0. The van der Waals surface area contributed by atoms with Gasteiger partial charge in [0.25, 0.3) is 11.8 Å². The van der Waals surface area contributed by atoms with Crippen LogP contribution in [0.4, 0.5) is 0 Å². The van der Waals surface area contributed by atoms with Crippen LogP contribution in [0.5, 0.6) is 0 Å². The number of carboxylic acids is 1. The maximum atomic E-state index is 12.7. The summed E-state index contributed by atoms with van der Waals surface area (Å²) in [6.45, 7) is 1.83. The molecule has 0 saturated heterocycles. The van der Waals surface area contributed by atoms with Crippen LogP contribution < -0.4 is 16.4 Å². The van der Waals surface area contributed by atoms with Gasteiger partial charge < -0.3 is 30.3 Å². The van der Waals surface area contributed by atoms with Crippen LogP contribution in [0.25, 0.3) is 17.0 Å². The maximum Gasteiger partial charge on any atom is 0.337 e. The topological polar surface area (TPSA) is 169 Å². The summed E-state index contributed by atoms with van der Waals surface area (Å²) < 4.78 is 7.25. The van der Waals surface area contributed by atoms with Crippen LogP contribution in [0, 0.1) is 5.92 Å². The number of hydrogen-bond donors (Lipinski definition) is 4. The minimum Gasteiger partial charge on any atom is -0.478 e. The van der Waals surface area contributed by atoms with Crippen molar-refractivity contribution in [3.8, 4) is 11.3 Å². The Morgan fingerprint density at radius 1 is 1.11 bits per heavy atom. The summed E-state index contributed by atoms with van der Waals surface area (Å²) in [6, 6.07) is 13.4. The number of fused-ring (bicyclic) bond motifs is 1. The quantitative estimate of drug-likeness (QED) is 0.265. The summed E-state index contributed by atoms with van der Waals surface area (Å²) in [6.07, 6.45) is 4.52. The fraction of sp³-hybridized carbons (Fsp3) is 0.222. The van der Waals surface area contributed by atoms with Crippen molar-refractivity contribution in [2.24, 2.45) is 11.7 Å². The zero-order valence-corrected chi connectivity index (χ0v) is 20.4. The number of nitrogens with two attached hydrogens (primary N) is 1. The second kappa shape index (κ2) is 9.51. The number of carbonyl (C=O) groups is 4. The third-order valence-corrected chi connectivity index (χ3v) is 6.70. The highest BCUT2D eigenvalue weighted by molar-refractivity contribution is 5.97. The molecule has 1 aliphatic carbocycles. The van der Waals surface area contributed by atoms with Crippen LogP contribution in [0.1, 0.15) is 56.7 Å². The summed E-state index contributed by atoms with van der Waals surface area (Å²) in [7, 11) is 0. The van der Waals surface area contributed by atoms with Crippen molar-refractivity contribution >= 4 is 29.3 Å². The van der Waals surface area contributed by atoms with E-state index < -0.39 is 29.2 Å². The van der Waals surface area contributed by atoms with E-state index in [1.54, 1.807) is 19.1 Å². The number of aromatic nitrogens is 2. The Morgan fingerprint density at radius 3 is 2.61 bits per heavy atom. The van der Waals surface area contributed by atoms with E-state index in [0.29, 0.717) is 17.0 Å². The molecule has 1 aromatic carbocycles. The number of nitrogens with one attached hydrogen (secondary N) is 2. The van der Waals surface area contributed by atoms with Crippen LogP contribution in [-0.2, 0) is 11.3 Å². The van der Waals surface area contributed by atoms with Crippen molar-refractivity contribution in [2.75, 3.05) is 0 Å². The van der Waals surface area contributed by atoms with Crippen molar-refractivity contribution in [1.29, 1.82) is 0 Å². The molecule has 11 nitrogen and oxygen atoms in total. The minimum atomic E-state index is -1.12. The molecule has 0 radical (unpaired) electrons. The predicted molar refractivity (Wildman–Crippen MR) is 135 cm³/mol. The van der Waals surface area contributed by atoms with Crippen LogP contribution in [0.2, 0.25) is 0 Å². The van der Waals surface area contributed by atoms with Crippen molar-refractivity contribution < 1.29 is 28.7 Å². The summed E-state index contributed by atoms with van der Waals surface area (Å²) in [4.78, 5) is 52.7. The Morgan fingerprint density at radius 2 is 1.89 bits per heavy atom. The molecule has 1 fully saturated rings. The first-order valence-electron chi connectivity index (χ1n) is 12.0. The molecule has 38 heavy (non-hydrogen) atoms. The molecule has 3 heterocycles. The van der Waals surface area contributed by atoms with E-state index in [9.17, 15) is 19.2 Å². The minimum absolute atomic E-state index is 0.0213. The number of pyridine rings is 1. The van der Waals surface area contributed by atoms with Gasteiger partial charge >= 0.3 is 5.97 Å². The molecule has 0 bridgehead atoms. The number of benzene rings is 1. The first-order chi connectivity index (χ1) is 18.1. The molecule has 0 spiro atoms. The van der Waals surface area contributed by atoms with Gasteiger partial charge in [-0.2, -0.15) is 0 Å². The average Bonchev–Trinajstić information content (AvgIpc) is 3.48. The molecule has 3 amide bonds. The summed E-state index contributed by atoms with van der Waals surface area (Å²) in [5, 5.41) is 14.7. The molecule has 0 unspecified atom stereocenters. The monoisotopic (exact) mass is 515 g/mol. The van der Waals surface area contributed by atoms with Gasteiger partial charge in [-0.05, 0) is 61.6 Å². The van der Waals surface area contributed by atoms with Crippen molar-refractivity contribution in [3.63, 3.8) is 0 Å². The van der Waals surface area contributed by atoms with Crippen LogP contribution in [0.3, 0.4) is 0 Å². The Balaban J connectivity index is 1.25. The third kappa shape index (κ3) is 4.85. The number of primary amides is 1. The van der Waals surface area contributed by atoms with Gasteiger partial charge in [-0.15, -0.1) is 0 Å². The predicted octanol–water partition coefficient (Wildman–Crippen LogP) is 2.61. The lowest BCUT2D eigenvalue weighted by atomic mass is 9.95. The molecule has 3 aromatic heterocycles. The first kappa shape index (κ1) is 24.8. The van der Waals surface area contributed by atoms with Crippen molar-refractivity contribution in [2.45, 2.75) is 31.8 Å². The maximum absolute atomic E-state index is 12.7. The van der Waals surface area contributed by atoms with E-state index >= 15 is 0 Å². The van der Waals surface area contributed by atoms with Gasteiger partial charge in [-0.25, -0.2) is 9.78 Å². The highest BCUT2D eigenvalue weighted by atomic mass is 16.4. The number of hydrogen-bond acceptors (Lipinski definition) is 6. The molecule has 1 atom stereocenters. The first-order valence-corrected chi connectivity index (χ1v) is 12.0. The van der Waals surface area contributed by atoms with Crippen molar-refractivity contribution in [1.82, 2.24) is 20.0 Å². The summed E-state index contributed by atoms with van der Waals surface area (Å²) in [5.41, 5.74) is 6.58. The number of rotatable bonds is 9. The number of aromatic carboxylic acids is 1. The van der Waals surface area contributed by atoms with Gasteiger partial charge in [0.2, 0.25) is 5.91 Å². The van der Waals surface area contributed by atoms with Crippen LogP contribution >= 0.6 is 0 Å². The highest BCUT2D eigenvalue weighted by Gasteiger charge is 2.47. The number of carboxylic acid groups (broad SMARTS) is 1. The molecule has 11 heteroatoms. The highest BCUT2D eigenvalue weighted by Crippen LogP contribution is 2.39. The van der Waals surface area contributed by atoms with Gasteiger partial charge in [0, 0.05) is 24.5 Å². The van der Waals surface area contributed by atoms with E-state index in [1.165, 1.54) is 35.0 Å². The normalized spacial score (nSPS) is 14.6. The number of furan rings is 1. The van der Waals surface area contributed by atoms with E-state index in [0.717, 1.165) is 18.4 Å². The van der Waals surface area contributed by atoms with Gasteiger partial charge in [0.1, 0.15) is 22.6 Å². The fourth-order valence-electron chi connectivity index (χ4n) is 4.27. The lowest BCUT2D eigenvalue weighted by Crippen LogP contribution is -2.56. The molecule has 0 aliphatic heterocycles. The standard InChI is InChI=1S/C27H25N5O6/c1-27(26(28)37,18-6-7-18)31-24(34)21-9-8-20(38-21)16-4-2-3-15(11-16)12-29-23(33)19-14-32-13-17(25(35)36)5-10-22(32)30-19/h2-5,8-11,13-14,18H,6-7,12H2,1H3,(H2,28,37)(H,29,33)(H,31,34)(H,35,36)/t27-/m0/s1. The Labute approximate surface area is 216 Å². The van der Waals surface area contributed by atoms with Crippen molar-refractivity contribution in [3.05, 3.63) is 83.5 Å². The number of nitrogens with zero attached hydrogens (tertiary/aromatic N) is 2. The number of carbonyl (C=O) groups excluding carboxylic acids is 3. The lowest BCUT2D eigenvalue weighted by Gasteiger charge is -2.26. The second-order valence-corrected chi connectivity index (χ2v) is 9.46. The molecule has 4 aromatic rings. The van der Waals surface area contributed by atoms with E-state index in [4.69, 9.17) is 15.3 Å². The molecule has 194 valence electrons. The lowest BCUT2D eigenvalue weighted by molar-refractivity contribution is -0.124. The second-order valence-electron chi connectivity index (χ2n) is 9.46. The molecule has 5 rings (SSSR count). The van der Waals surface area contributed by atoms with Gasteiger partial charge in [0.05, 0.1) is 5.56 Å². The van der Waals surface area contributed by atoms with E-state index in [-0.39, 0.29) is 29.5 Å². The Hall–Kier alpha value is -4.93. The molecular formula is C27H25N5O6. The zero-order valence-electron chi connectivity index (χ0n) is 20.4. The molecule has 1 saturated carbocycles. The smallest absolute Gasteiger partial charge is 0.337 e. The van der Waals surface area contributed by atoms with E-state index in [1.807, 2.05) is 18.2 Å². The summed E-state index contributed by atoms with van der Waals surface area (Å²) >= 11 is 0. The van der Waals surface area contributed by atoms with Gasteiger partial charge in [-0.1, -0.05) is 18.2 Å². The van der Waals surface area contributed by atoms with E-state index in [2.05, 4.69) is 15.6 Å². The van der Waals surface area contributed by atoms with Gasteiger partial charge in [-0.3, -0.25) is 14.4 Å². The average molecular weight is 516 g/mol. The van der Waals surface area contributed by atoms with Crippen LogP contribution in [-0.4, -0.2) is 43.7 Å². The summed E-state index contributed by atoms with van der Waals surface area (Å²) in [5.74, 6) is -2.05. The van der Waals surface area contributed by atoms with Crippen LogP contribution in [0.15, 0.2) is 65.3 Å². The van der Waals surface area contributed by atoms with Gasteiger partial charge in [0.15, 0.2) is 5.76 Å². The largest absolute Gasteiger partial charge is 0.478 e. The SMILES string of the molecule is C[C@@](NC(=O)c1ccc(-c2cccc(CNC(=O)c3cn4cc(C(=O)O)ccc4n3)c2)o1)(C(N)=O)C1CC1. The molecule has 5 N–H and O–H groups in total. The molecule has 1 aliphatic rings. The Kier molecular flexibility index (Phi) is 6.19. The Bertz CT molecular complexity index is 1580. The number of imidazole rings is 1. The third-order valence-electron chi connectivity index (χ3n) is 6.70.